The molecule has 0 aromatic heterocycles. The van der Waals surface area contributed by atoms with Crippen LogP contribution >= 0.6 is 0 Å². The lowest BCUT2D eigenvalue weighted by atomic mass is 9.34. The van der Waals surface area contributed by atoms with Gasteiger partial charge in [0.05, 0.1) is 41.7 Å². The van der Waals surface area contributed by atoms with E-state index in [1.165, 1.54) is 24.0 Å². The summed E-state index contributed by atoms with van der Waals surface area (Å²) < 4.78 is 0. The van der Waals surface area contributed by atoms with Crippen LogP contribution in [0.1, 0.15) is 220 Å². The Balaban J connectivity index is 0.000000199. The molecule has 0 aromatic rings. The van der Waals surface area contributed by atoms with E-state index in [9.17, 15) is 35.7 Å². The Morgan fingerprint density at radius 2 is 0.881 bits per heavy atom. The van der Waals surface area contributed by atoms with Crippen molar-refractivity contribution in [2.45, 2.75) is 262 Å². The fourth-order valence-electron chi connectivity index (χ4n) is 20.8. The highest BCUT2D eigenvalue weighted by molar-refractivity contribution is 5.23. The van der Waals surface area contributed by atoms with Crippen LogP contribution in [0.15, 0.2) is 23.3 Å². The monoisotopic (exact) mass is 937 g/mol. The molecular formula is C60H104O7. The van der Waals surface area contributed by atoms with E-state index in [0.717, 1.165) is 96.3 Å². The second-order valence-electron chi connectivity index (χ2n) is 29.2. The zero-order valence-electron chi connectivity index (χ0n) is 45.8. The van der Waals surface area contributed by atoms with Gasteiger partial charge >= 0.3 is 0 Å². The molecule has 8 saturated carbocycles. The molecule has 0 aromatic carbocycles. The highest BCUT2D eigenvalue weighted by atomic mass is 16.3. The van der Waals surface area contributed by atoms with E-state index < -0.39 is 29.5 Å². The average molecular weight is 937 g/mol. The lowest BCUT2D eigenvalue weighted by molar-refractivity contribution is -0.274. The number of aliphatic hydroxyl groups excluding tert-OH is 5. The summed E-state index contributed by atoms with van der Waals surface area (Å²) in [5, 5.41) is 80.2. The summed E-state index contributed by atoms with van der Waals surface area (Å²) in [4.78, 5) is 0. The summed E-state index contributed by atoms with van der Waals surface area (Å²) in [6, 6.07) is 0. The van der Waals surface area contributed by atoms with E-state index in [-0.39, 0.29) is 85.1 Å². The van der Waals surface area contributed by atoms with Crippen molar-refractivity contribution < 1.29 is 35.7 Å². The number of hydrogen-bond acceptors (Lipinski definition) is 7. The van der Waals surface area contributed by atoms with Gasteiger partial charge in [-0.25, -0.2) is 0 Å². The number of hydrogen-bond donors (Lipinski definition) is 7. The van der Waals surface area contributed by atoms with Crippen LogP contribution in [0.5, 0.6) is 0 Å². The average Bonchev–Trinajstić information content (AvgIpc) is 3.78. The number of fused-ring (bicyclic) bond motifs is 10. The lowest BCUT2D eigenvalue weighted by Crippen LogP contribution is -2.69. The van der Waals surface area contributed by atoms with Crippen LogP contribution in [0.2, 0.25) is 0 Å². The number of aliphatic hydroxyl groups is 7. The van der Waals surface area contributed by atoms with Crippen LogP contribution in [0.25, 0.3) is 0 Å². The Morgan fingerprint density at radius 1 is 0.478 bits per heavy atom. The number of allylic oxidation sites excluding steroid dienone is 4. The molecule has 0 unspecified atom stereocenters. The molecule has 7 N–H and O–H groups in total. The molecule has 0 saturated heterocycles. The van der Waals surface area contributed by atoms with Gasteiger partial charge in [-0.3, -0.25) is 0 Å². The van der Waals surface area contributed by atoms with Crippen molar-refractivity contribution in [1.82, 2.24) is 0 Å². The molecule has 21 atom stereocenters. The SMILES string of the molecule is CC(C)=CCC[C@](C)(O)[C@H]1CC[C@]2(C)[C@@H]1[C@H](O)C[C@@H]1[C@@]3(C)CC[C@H](O)C(C)(C)[C@@H]3CC[C@]12C.CC(C)=CCC[C@](C)(O)[C@H]1CC[C@]2(C)[C@@H]1[C@H](O)C[C@@H]1[C@@]3(C)CC[C@H](O)C(C)(C)[C@@H]3[C@@H](O)C[C@]12C. The van der Waals surface area contributed by atoms with Crippen molar-refractivity contribution in [3.05, 3.63) is 23.3 Å². The maximum atomic E-state index is 11.8. The van der Waals surface area contributed by atoms with Crippen molar-refractivity contribution in [3.63, 3.8) is 0 Å². The summed E-state index contributed by atoms with van der Waals surface area (Å²) in [7, 11) is 0. The topological polar surface area (TPSA) is 142 Å². The minimum atomic E-state index is -0.810. The van der Waals surface area contributed by atoms with E-state index in [4.69, 9.17) is 0 Å². The quantitative estimate of drug-likeness (QED) is 0.120. The molecule has 8 aliphatic carbocycles. The van der Waals surface area contributed by atoms with Crippen molar-refractivity contribution >= 4 is 0 Å². The molecule has 0 radical (unpaired) electrons. The fourth-order valence-corrected chi connectivity index (χ4v) is 20.8. The highest BCUT2D eigenvalue weighted by Gasteiger charge is 2.74. The molecular weight excluding hydrogens is 833 g/mol. The normalized spacial score (nSPS) is 51.1. The van der Waals surface area contributed by atoms with Gasteiger partial charge < -0.3 is 35.7 Å². The third kappa shape index (κ3) is 8.20. The molecule has 386 valence electrons. The maximum Gasteiger partial charge on any atom is 0.0654 e. The van der Waals surface area contributed by atoms with Gasteiger partial charge in [0.25, 0.3) is 0 Å². The molecule has 67 heavy (non-hydrogen) atoms. The van der Waals surface area contributed by atoms with Crippen LogP contribution in [-0.4, -0.2) is 77.5 Å². The molecule has 8 aliphatic rings. The van der Waals surface area contributed by atoms with Gasteiger partial charge in [-0.05, 0) is 241 Å². The summed E-state index contributed by atoms with van der Waals surface area (Å²) in [6.07, 6.45) is 18.2. The molecule has 7 heteroatoms. The molecule has 0 heterocycles. The molecule has 0 spiro atoms. The van der Waals surface area contributed by atoms with Crippen molar-refractivity contribution in [3.8, 4) is 0 Å². The first-order valence-corrected chi connectivity index (χ1v) is 27.8. The van der Waals surface area contributed by atoms with Gasteiger partial charge in [-0.2, -0.15) is 0 Å². The first-order valence-electron chi connectivity index (χ1n) is 27.8. The Morgan fingerprint density at radius 3 is 1.34 bits per heavy atom. The molecule has 0 bridgehead atoms. The van der Waals surface area contributed by atoms with Gasteiger partial charge in [-0.1, -0.05) is 92.5 Å². The van der Waals surface area contributed by atoms with Gasteiger partial charge in [0.15, 0.2) is 0 Å². The molecule has 8 fully saturated rings. The molecule has 0 amide bonds. The van der Waals surface area contributed by atoms with E-state index in [1.54, 1.807) is 0 Å². The third-order valence-electron chi connectivity index (χ3n) is 24.6. The van der Waals surface area contributed by atoms with E-state index in [2.05, 4.69) is 109 Å². The Kier molecular flexibility index (Phi) is 14.3. The summed E-state index contributed by atoms with van der Waals surface area (Å²) in [6.45, 7) is 35.9. The van der Waals surface area contributed by atoms with Gasteiger partial charge in [0, 0.05) is 0 Å². The predicted octanol–water partition coefficient (Wildman–Crippen LogP) is 12.0. The third-order valence-corrected chi connectivity index (χ3v) is 24.6. The Bertz CT molecular complexity index is 1860. The summed E-state index contributed by atoms with van der Waals surface area (Å²) >= 11 is 0. The van der Waals surface area contributed by atoms with E-state index in [1.807, 2.05) is 13.8 Å². The molecule has 0 aliphatic heterocycles. The standard InChI is InChI=1S/C30H52O4.C30H52O3/c1-18(2)10-9-13-30(8,34)19-11-15-28(6)24(19)20(31)16-22-27(5)14-12-23(33)26(3,4)25(27)21(32)17-29(22,28)7;1-19(2)10-9-14-30(8,33)20-11-16-29(7)25(20)21(31)18-23-27(5)15-13-24(32)26(3,4)22(27)12-17-28(23,29)6/h10,19-25,31-34H,9,11-17H2,1-8H3;10,20-25,31-33H,9,11-18H2,1-8H3/t19-,20+,21-,22+,23-,24-,25-,27+,28+,29+,30-;20-,21+,22-,23+,24-,25-,27-,28+,29+,30-/m00/s1. The minimum Gasteiger partial charge on any atom is -0.393 e. The van der Waals surface area contributed by atoms with Gasteiger partial charge in [-0.15, -0.1) is 0 Å². The minimum absolute atomic E-state index is 0.0264. The Hall–Kier alpha value is -0.800. The number of rotatable bonds is 8. The highest BCUT2D eigenvalue weighted by Crippen LogP contribution is 2.78. The van der Waals surface area contributed by atoms with Crippen LogP contribution in [0, 0.1) is 90.7 Å². The first-order chi connectivity index (χ1) is 30.6. The van der Waals surface area contributed by atoms with E-state index in [0.29, 0.717) is 17.8 Å². The van der Waals surface area contributed by atoms with Crippen molar-refractivity contribution in [2.75, 3.05) is 0 Å². The zero-order chi connectivity index (χ0) is 50.1. The smallest absolute Gasteiger partial charge is 0.0654 e. The second-order valence-corrected chi connectivity index (χ2v) is 29.2. The van der Waals surface area contributed by atoms with Crippen LogP contribution in [0.3, 0.4) is 0 Å². The fraction of sp³-hybridized carbons (Fsp3) is 0.933. The van der Waals surface area contributed by atoms with Crippen LogP contribution < -0.4 is 0 Å². The predicted molar refractivity (Wildman–Crippen MR) is 273 cm³/mol. The largest absolute Gasteiger partial charge is 0.393 e. The first kappa shape index (κ1) is 54.0. The van der Waals surface area contributed by atoms with Gasteiger partial charge in [0.2, 0.25) is 0 Å². The van der Waals surface area contributed by atoms with Crippen LogP contribution in [-0.2, 0) is 0 Å². The zero-order valence-corrected chi connectivity index (χ0v) is 45.8. The van der Waals surface area contributed by atoms with Crippen molar-refractivity contribution in [1.29, 1.82) is 0 Å². The summed E-state index contributed by atoms with van der Waals surface area (Å²) in [5.41, 5.74) is 0.655. The molecule has 7 nitrogen and oxygen atoms in total. The van der Waals surface area contributed by atoms with E-state index >= 15 is 0 Å². The Labute approximate surface area is 409 Å². The van der Waals surface area contributed by atoms with Crippen molar-refractivity contribution in [2.24, 2.45) is 90.7 Å². The second kappa shape index (κ2) is 17.7. The summed E-state index contributed by atoms with van der Waals surface area (Å²) in [5.74, 6) is 1.75. The van der Waals surface area contributed by atoms with Gasteiger partial charge in [0.1, 0.15) is 0 Å². The lowest BCUT2D eigenvalue weighted by Gasteiger charge is -2.71. The van der Waals surface area contributed by atoms with Crippen LogP contribution in [0.4, 0.5) is 0 Å². The maximum absolute atomic E-state index is 11.8. The molecule has 8 rings (SSSR count).